The van der Waals surface area contributed by atoms with E-state index in [9.17, 15) is 15.0 Å². The first kappa shape index (κ1) is 14.9. The number of rotatable bonds is 7. The van der Waals surface area contributed by atoms with Gasteiger partial charge < -0.3 is 30.0 Å². The molecule has 0 aromatic rings. The van der Waals surface area contributed by atoms with Gasteiger partial charge in [-0.25, -0.2) is 0 Å². The van der Waals surface area contributed by atoms with Crippen molar-refractivity contribution in [3.05, 3.63) is 0 Å². The molecule has 0 aromatic carbocycles. The number of hydrogen-bond donors (Lipinski definition) is 4. The lowest BCUT2D eigenvalue weighted by Gasteiger charge is -2.26. The molecule has 0 rings (SSSR count). The van der Waals surface area contributed by atoms with E-state index in [2.05, 4.69) is 15.9 Å². The van der Waals surface area contributed by atoms with Crippen LogP contribution in [0.4, 0.5) is 0 Å². The van der Waals surface area contributed by atoms with E-state index < -0.39 is 36.0 Å². The Hall–Kier alpha value is -0.0500. The Morgan fingerprint density at radius 2 is 1.87 bits per heavy atom. The summed E-state index contributed by atoms with van der Waals surface area (Å²) in [7, 11) is 0. The van der Waals surface area contributed by atoms with E-state index in [-0.39, 0.29) is 0 Å². The van der Waals surface area contributed by atoms with Gasteiger partial charge in [-0.15, -0.1) is 0 Å². The Labute approximate surface area is 95.6 Å². The van der Waals surface area contributed by atoms with Crippen LogP contribution in [0.3, 0.4) is 0 Å². The first-order valence-electron chi connectivity index (χ1n) is 4.34. The standard InChI is InChI=1S/C8H15BrO6/c1-4(9)15-6(3-11)8(14)7(13)5(12)2-10/h3-8,10,12-14H,2H2,1H3/t4?,5-,6-,7-,8-/m1/s1. The molecular formula is C8H15BrO6. The molecule has 0 saturated heterocycles. The summed E-state index contributed by atoms with van der Waals surface area (Å²) in [6.45, 7) is 0.867. The normalized spacial score (nSPS) is 21.5. The molecule has 0 aromatic heterocycles. The molecule has 0 radical (unpaired) electrons. The van der Waals surface area contributed by atoms with Crippen LogP contribution in [0.1, 0.15) is 6.92 Å². The number of ether oxygens (including phenoxy) is 1. The fraction of sp³-hybridized carbons (Fsp3) is 0.875. The van der Waals surface area contributed by atoms with Crippen molar-refractivity contribution >= 4 is 22.2 Å². The third-order valence-electron chi connectivity index (χ3n) is 1.75. The van der Waals surface area contributed by atoms with Crippen LogP contribution < -0.4 is 0 Å². The molecule has 0 fully saturated rings. The van der Waals surface area contributed by atoms with Crippen LogP contribution in [0.5, 0.6) is 0 Å². The average Bonchev–Trinajstić information content (AvgIpc) is 2.22. The summed E-state index contributed by atoms with van der Waals surface area (Å²) < 4.78 is 4.92. The molecule has 4 N–H and O–H groups in total. The second kappa shape index (κ2) is 7.26. The van der Waals surface area contributed by atoms with E-state index in [1.54, 1.807) is 6.92 Å². The van der Waals surface area contributed by atoms with Crippen molar-refractivity contribution in [2.75, 3.05) is 6.61 Å². The smallest absolute Gasteiger partial charge is 0.151 e. The summed E-state index contributed by atoms with van der Waals surface area (Å²) in [5, 5.41) is 35.8. The summed E-state index contributed by atoms with van der Waals surface area (Å²) in [6.07, 6.45) is -5.70. The predicted molar refractivity (Wildman–Crippen MR) is 54.4 cm³/mol. The Morgan fingerprint density at radius 1 is 1.33 bits per heavy atom. The molecule has 15 heavy (non-hydrogen) atoms. The average molecular weight is 287 g/mol. The van der Waals surface area contributed by atoms with Crippen LogP contribution in [0.25, 0.3) is 0 Å². The molecule has 7 heteroatoms. The molecule has 1 unspecified atom stereocenters. The number of alkyl halides is 1. The second-order valence-corrected chi connectivity index (χ2v) is 4.30. The minimum atomic E-state index is -1.64. The van der Waals surface area contributed by atoms with Crippen LogP contribution in [0.2, 0.25) is 0 Å². The van der Waals surface area contributed by atoms with E-state index in [0.717, 1.165) is 0 Å². The van der Waals surface area contributed by atoms with Gasteiger partial charge in [0.1, 0.15) is 29.4 Å². The highest BCUT2D eigenvalue weighted by atomic mass is 79.9. The van der Waals surface area contributed by atoms with Gasteiger partial charge in [0.2, 0.25) is 0 Å². The van der Waals surface area contributed by atoms with Crippen LogP contribution in [-0.4, -0.2) is 62.7 Å². The molecule has 0 bridgehead atoms. The Morgan fingerprint density at radius 3 is 2.20 bits per heavy atom. The third-order valence-corrected chi connectivity index (χ3v) is 1.96. The Bertz CT molecular complexity index is 188. The topological polar surface area (TPSA) is 107 Å². The van der Waals surface area contributed by atoms with Gasteiger partial charge in [0, 0.05) is 0 Å². The highest BCUT2D eigenvalue weighted by Crippen LogP contribution is 2.11. The molecule has 0 saturated carbocycles. The lowest BCUT2D eigenvalue weighted by atomic mass is 10.0. The van der Waals surface area contributed by atoms with Gasteiger partial charge >= 0.3 is 0 Å². The molecule has 0 aliphatic carbocycles. The molecule has 90 valence electrons. The maximum atomic E-state index is 10.5. The second-order valence-electron chi connectivity index (χ2n) is 3.01. The van der Waals surface area contributed by atoms with Gasteiger partial charge in [-0.05, 0) is 6.92 Å². The van der Waals surface area contributed by atoms with Crippen LogP contribution in [0.15, 0.2) is 0 Å². The predicted octanol–water partition coefficient (Wildman–Crippen LogP) is -1.61. The molecule has 6 nitrogen and oxygen atoms in total. The van der Waals surface area contributed by atoms with Crippen molar-refractivity contribution in [3.8, 4) is 0 Å². The Balaban J connectivity index is 4.36. The minimum absolute atomic E-state index is 0.315. The van der Waals surface area contributed by atoms with Crippen LogP contribution in [-0.2, 0) is 9.53 Å². The van der Waals surface area contributed by atoms with Gasteiger partial charge in [-0.1, -0.05) is 15.9 Å². The number of aldehydes is 1. The third kappa shape index (κ3) is 5.01. The highest BCUT2D eigenvalue weighted by Gasteiger charge is 2.32. The summed E-state index contributed by atoms with van der Waals surface area (Å²) in [4.78, 5) is 10.5. The van der Waals surface area contributed by atoms with Crippen LogP contribution in [0, 0.1) is 0 Å². The van der Waals surface area contributed by atoms with Gasteiger partial charge in [0.15, 0.2) is 6.29 Å². The fourth-order valence-corrected chi connectivity index (χ4v) is 1.19. The van der Waals surface area contributed by atoms with Gasteiger partial charge in [-0.2, -0.15) is 0 Å². The van der Waals surface area contributed by atoms with Crippen molar-refractivity contribution in [1.29, 1.82) is 0 Å². The highest BCUT2D eigenvalue weighted by molar-refractivity contribution is 9.09. The largest absolute Gasteiger partial charge is 0.394 e. The summed E-state index contributed by atoms with van der Waals surface area (Å²) in [5.41, 5.74) is 0. The fourth-order valence-electron chi connectivity index (χ4n) is 0.940. The van der Waals surface area contributed by atoms with E-state index in [0.29, 0.717) is 6.29 Å². The summed E-state index contributed by atoms with van der Waals surface area (Å²) >= 11 is 3.00. The lowest BCUT2D eigenvalue weighted by molar-refractivity contribution is -0.146. The summed E-state index contributed by atoms with van der Waals surface area (Å²) in [5.74, 6) is 0. The first-order valence-corrected chi connectivity index (χ1v) is 5.25. The maximum Gasteiger partial charge on any atom is 0.151 e. The SMILES string of the molecule is CC(Br)O[C@H](C=O)[C@@H](O)[C@H](O)[C@H](O)CO. The molecular weight excluding hydrogens is 272 g/mol. The van der Waals surface area contributed by atoms with Gasteiger partial charge in [0.05, 0.1) is 6.61 Å². The van der Waals surface area contributed by atoms with E-state index in [1.807, 2.05) is 0 Å². The Kier molecular flexibility index (Phi) is 7.24. The van der Waals surface area contributed by atoms with Crippen molar-refractivity contribution in [2.45, 2.75) is 36.4 Å². The molecule has 0 spiro atoms. The van der Waals surface area contributed by atoms with E-state index in [1.165, 1.54) is 0 Å². The van der Waals surface area contributed by atoms with E-state index in [4.69, 9.17) is 14.9 Å². The molecule has 0 amide bonds. The number of carbonyl (C=O) groups excluding carboxylic acids is 1. The number of carbonyl (C=O) groups is 1. The molecule has 0 heterocycles. The number of hydrogen-bond acceptors (Lipinski definition) is 6. The number of aliphatic hydroxyl groups excluding tert-OH is 4. The summed E-state index contributed by atoms with van der Waals surface area (Å²) in [6, 6.07) is 0. The maximum absolute atomic E-state index is 10.5. The monoisotopic (exact) mass is 286 g/mol. The zero-order valence-electron chi connectivity index (χ0n) is 8.15. The number of halogens is 1. The minimum Gasteiger partial charge on any atom is -0.394 e. The van der Waals surface area contributed by atoms with E-state index >= 15 is 0 Å². The number of aliphatic hydroxyl groups is 4. The quantitative estimate of drug-likeness (QED) is 0.331. The molecule has 5 atom stereocenters. The van der Waals surface area contributed by atoms with Crippen molar-refractivity contribution in [3.63, 3.8) is 0 Å². The first-order chi connectivity index (χ1) is 6.93. The lowest BCUT2D eigenvalue weighted by Crippen LogP contribution is -2.47. The molecule has 0 aliphatic heterocycles. The molecule has 0 aliphatic rings. The zero-order chi connectivity index (χ0) is 12.0. The van der Waals surface area contributed by atoms with Crippen molar-refractivity contribution in [1.82, 2.24) is 0 Å². The van der Waals surface area contributed by atoms with Gasteiger partial charge in [-0.3, -0.25) is 0 Å². The van der Waals surface area contributed by atoms with Crippen molar-refractivity contribution in [2.24, 2.45) is 0 Å². The van der Waals surface area contributed by atoms with Crippen molar-refractivity contribution < 1.29 is 30.0 Å². The van der Waals surface area contributed by atoms with Gasteiger partial charge in [0.25, 0.3) is 0 Å². The van der Waals surface area contributed by atoms with Crippen LogP contribution >= 0.6 is 15.9 Å². The zero-order valence-corrected chi connectivity index (χ0v) is 9.74.